The van der Waals surface area contributed by atoms with Crippen LogP contribution >= 0.6 is 0 Å². The van der Waals surface area contributed by atoms with E-state index in [1.165, 1.54) is 49.5 Å². The van der Waals surface area contributed by atoms with Gasteiger partial charge in [0.25, 0.3) is 0 Å². The molecule has 0 saturated carbocycles. The third-order valence-corrected chi connectivity index (χ3v) is 12.7. The van der Waals surface area contributed by atoms with Crippen molar-refractivity contribution in [2.24, 2.45) is 0 Å². The number of para-hydroxylation sites is 2. The summed E-state index contributed by atoms with van der Waals surface area (Å²) in [4.78, 5) is 10.5. The highest BCUT2D eigenvalue weighted by Crippen LogP contribution is 2.53. The number of benzene rings is 9. The number of rotatable bonds is 5. The van der Waals surface area contributed by atoms with E-state index in [9.17, 15) is 0 Å². The van der Waals surface area contributed by atoms with Gasteiger partial charge in [0.15, 0.2) is 5.82 Å². The van der Waals surface area contributed by atoms with Crippen LogP contribution < -0.4 is 0 Å². The molecule has 282 valence electrons. The minimum atomic E-state index is -0.147. The van der Waals surface area contributed by atoms with Crippen molar-refractivity contribution in [3.8, 4) is 67.3 Å². The van der Waals surface area contributed by atoms with Gasteiger partial charge in [0.05, 0.1) is 11.4 Å². The highest BCUT2D eigenvalue weighted by Gasteiger charge is 2.37. The van der Waals surface area contributed by atoms with Crippen LogP contribution in [0.4, 0.5) is 0 Å². The van der Waals surface area contributed by atoms with Crippen LogP contribution in [0, 0.1) is 0 Å². The second-order valence-electron chi connectivity index (χ2n) is 16.6. The zero-order valence-electron chi connectivity index (χ0n) is 33.3. The van der Waals surface area contributed by atoms with Gasteiger partial charge in [-0.2, -0.15) is 0 Å². The zero-order valence-corrected chi connectivity index (χ0v) is 33.3. The predicted molar refractivity (Wildman–Crippen MR) is 249 cm³/mol. The van der Waals surface area contributed by atoms with Crippen LogP contribution in [0.3, 0.4) is 0 Å². The molecule has 0 radical (unpaired) electrons. The highest BCUT2D eigenvalue weighted by atomic mass is 16.3. The summed E-state index contributed by atoms with van der Waals surface area (Å²) < 4.78 is 6.34. The summed E-state index contributed by atoms with van der Waals surface area (Å²) in [7, 11) is 0. The van der Waals surface area contributed by atoms with E-state index in [4.69, 9.17) is 14.4 Å². The highest BCUT2D eigenvalue weighted by molar-refractivity contribution is 6.09. The molecule has 0 bridgehead atoms. The standard InChI is InChI=1S/C57H38N2O/c1-57(2)49-20-11-19-47(54(49)48-32-38-14-6-7-15-39(38)33-50(48)57)52-34-51(58-56(59-52)37-12-4-3-5-13-37)43-29-28-41-30-40(26-27-42(41)31-43)35-22-24-36(25-23-35)44-17-10-18-46-45-16-8-9-21-53(45)60-55(44)46/h3-34H,1-2H3. The molecule has 2 heterocycles. The van der Waals surface area contributed by atoms with Crippen LogP contribution in [0.25, 0.3) is 111 Å². The average Bonchev–Trinajstić information content (AvgIpc) is 3.80. The summed E-state index contributed by atoms with van der Waals surface area (Å²) in [5, 5.41) is 7.14. The normalized spacial score (nSPS) is 13.0. The van der Waals surface area contributed by atoms with Crippen molar-refractivity contribution in [1.82, 2.24) is 9.97 Å². The van der Waals surface area contributed by atoms with Crippen molar-refractivity contribution in [3.05, 3.63) is 205 Å². The lowest BCUT2D eigenvalue weighted by atomic mass is 9.81. The lowest BCUT2D eigenvalue weighted by Crippen LogP contribution is -2.14. The van der Waals surface area contributed by atoms with Crippen molar-refractivity contribution in [2.45, 2.75) is 19.3 Å². The van der Waals surface area contributed by atoms with E-state index < -0.39 is 0 Å². The van der Waals surface area contributed by atoms with Gasteiger partial charge in [-0.25, -0.2) is 9.97 Å². The van der Waals surface area contributed by atoms with E-state index >= 15 is 0 Å². The monoisotopic (exact) mass is 766 g/mol. The first-order chi connectivity index (χ1) is 29.5. The Bertz CT molecular complexity index is 3500. The molecule has 0 amide bonds. The van der Waals surface area contributed by atoms with E-state index in [0.717, 1.165) is 66.5 Å². The Hall–Kier alpha value is -7.62. The Morgan fingerprint density at radius 1 is 0.383 bits per heavy atom. The van der Waals surface area contributed by atoms with Gasteiger partial charge in [-0.1, -0.05) is 172 Å². The quantitative estimate of drug-likeness (QED) is 0.175. The first-order valence-corrected chi connectivity index (χ1v) is 20.6. The second kappa shape index (κ2) is 13.2. The second-order valence-corrected chi connectivity index (χ2v) is 16.6. The fourth-order valence-corrected chi connectivity index (χ4v) is 9.54. The van der Waals surface area contributed by atoms with Gasteiger partial charge in [-0.05, 0) is 96.9 Å². The molecule has 0 atom stereocenters. The molecule has 3 nitrogen and oxygen atoms in total. The van der Waals surface area contributed by atoms with E-state index in [0.29, 0.717) is 5.82 Å². The van der Waals surface area contributed by atoms with Gasteiger partial charge in [-0.3, -0.25) is 0 Å². The molecule has 11 aromatic rings. The fourth-order valence-electron chi connectivity index (χ4n) is 9.54. The number of hydrogen-bond acceptors (Lipinski definition) is 3. The molecule has 3 heteroatoms. The van der Waals surface area contributed by atoms with E-state index in [-0.39, 0.29) is 5.41 Å². The minimum Gasteiger partial charge on any atom is -0.455 e. The Morgan fingerprint density at radius 3 is 1.83 bits per heavy atom. The molecule has 0 fully saturated rings. The lowest BCUT2D eigenvalue weighted by Gasteiger charge is -2.22. The number of furan rings is 1. The Labute approximate surface area is 348 Å². The maximum atomic E-state index is 6.34. The smallest absolute Gasteiger partial charge is 0.160 e. The molecule has 1 aliphatic carbocycles. The van der Waals surface area contributed by atoms with Crippen LogP contribution in [0.2, 0.25) is 0 Å². The molecular formula is C57H38N2O. The maximum Gasteiger partial charge on any atom is 0.160 e. The van der Waals surface area contributed by atoms with Crippen LogP contribution in [0.5, 0.6) is 0 Å². The number of aromatic nitrogens is 2. The maximum absolute atomic E-state index is 6.34. The molecule has 12 rings (SSSR count). The van der Waals surface area contributed by atoms with Gasteiger partial charge in [0.2, 0.25) is 0 Å². The summed E-state index contributed by atoms with van der Waals surface area (Å²) >= 11 is 0. The van der Waals surface area contributed by atoms with Crippen molar-refractivity contribution in [2.75, 3.05) is 0 Å². The van der Waals surface area contributed by atoms with Crippen LogP contribution in [0.15, 0.2) is 199 Å². The zero-order chi connectivity index (χ0) is 40.0. The molecule has 0 unspecified atom stereocenters. The molecule has 1 aliphatic rings. The number of hydrogen-bond donors (Lipinski definition) is 0. The predicted octanol–water partition coefficient (Wildman–Crippen LogP) is 15.3. The number of nitrogens with zero attached hydrogens (tertiary/aromatic N) is 2. The van der Waals surface area contributed by atoms with Gasteiger partial charge in [-0.15, -0.1) is 0 Å². The molecule has 0 aliphatic heterocycles. The van der Waals surface area contributed by atoms with Gasteiger partial charge >= 0.3 is 0 Å². The Morgan fingerprint density at radius 2 is 1.00 bits per heavy atom. The van der Waals surface area contributed by atoms with Gasteiger partial charge in [0.1, 0.15) is 11.2 Å². The SMILES string of the molecule is CC1(C)c2cc3ccccc3cc2-c2c(-c3cc(-c4ccc5cc(-c6ccc(-c7cccc8c7oc7ccccc78)cc6)ccc5c4)nc(-c4ccccc4)n3)cccc21. The summed E-state index contributed by atoms with van der Waals surface area (Å²) in [6.07, 6.45) is 0. The van der Waals surface area contributed by atoms with E-state index in [1.807, 2.05) is 18.2 Å². The van der Waals surface area contributed by atoms with Crippen LogP contribution in [-0.2, 0) is 5.41 Å². The minimum absolute atomic E-state index is 0.147. The summed E-state index contributed by atoms with van der Waals surface area (Å²) in [5.41, 5.74) is 16.5. The van der Waals surface area contributed by atoms with Gasteiger partial charge < -0.3 is 4.42 Å². The third kappa shape index (κ3) is 5.43. The molecular weight excluding hydrogens is 729 g/mol. The number of fused-ring (bicyclic) bond motifs is 8. The van der Waals surface area contributed by atoms with E-state index in [1.54, 1.807) is 0 Å². The Kier molecular flexibility index (Phi) is 7.58. The molecule has 0 N–H and O–H groups in total. The van der Waals surface area contributed by atoms with Crippen LogP contribution in [0.1, 0.15) is 25.0 Å². The molecule has 60 heavy (non-hydrogen) atoms. The summed E-state index contributed by atoms with van der Waals surface area (Å²) in [5.74, 6) is 0.715. The molecule has 2 aromatic heterocycles. The first-order valence-electron chi connectivity index (χ1n) is 20.6. The molecule has 0 spiro atoms. The third-order valence-electron chi connectivity index (χ3n) is 12.7. The molecule has 9 aromatic carbocycles. The summed E-state index contributed by atoms with van der Waals surface area (Å²) in [6.45, 7) is 4.69. The van der Waals surface area contributed by atoms with E-state index in [2.05, 4.69) is 190 Å². The molecule has 0 saturated heterocycles. The van der Waals surface area contributed by atoms with Crippen molar-refractivity contribution < 1.29 is 4.42 Å². The Balaban J connectivity index is 0.929. The van der Waals surface area contributed by atoms with Crippen molar-refractivity contribution in [3.63, 3.8) is 0 Å². The van der Waals surface area contributed by atoms with Gasteiger partial charge in [0, 0.05) is 38.4 Å². The van der Waals surface area contributed by atoms with Crippen molar-refractivity contribution in [1.29, 1.82) is 0 Å². The largest absolute Gasteiger partial charge is 0.455 e. The van der Waals surface area contributed by atoms with Crippen LogP contribution in [-0.4, -0.2) is 9.97 Å². The topological polar surface area (TPSA) is 38.9 Å². The fraction of sp³-hybridized carbons (Fsp3) is 0.0526. The average molecular weight is 767 g/mol. The lowest BCUT2D eigenvalue weighted by molar-refractivity contribution is 0.661. The van der Waals surface area contributed by atoms with Crippen molar-refractivity contribution >= 4 is 43.5 Å². The first kappa shape index (κ1) is 34.4. The summed E-state index contributed by atoms with van der Waals surface area (Å²) in [6, 6.07) is 69.5.